The number of hydrogen-bond acceptors (Lipinski definition) is 5. The van der Waals surface area contributed by atoms with Crippen molar-refractivity contribution in [1.29, 1.82) is 0 Å². The number of nitrogens with one attached hydrogen (secondary N) is 1. The second-order valence-electron chi connectivity index (χ2n) is 7.81. The average molecular weight is 421 g/mol. The molecule has 0 saturated heterocycles. The molecule has 7 nitrogen and oxygen atoms in total. The van der Waals surface area contributed by atoms with E-state index in [1.807, 2.05) is 43.3 Å². The summed E-state index contributed by atoms with van der Waals surface area (Å²) in [6.07, 6.45) is 3.03. The molecule has 2 heterocycles. The molecule has 162 valence electrons. The number of amides is 1. The molecule has 1 amide bonds. The van der Waals surface area contributed by atoms with Crippen LogP contribution in [0.4, 0.5) is 5.69 Å². The predicted molar refractivity (Wildman–Crippen MR) is 119 cm³/mol. The Bertz CT molecular complexity index is 1030. The fourth-order valence-electron chi connectivity index (χ4n) is 3.92. The van der Waals surface area contributed by atoms with Gasteiger partial charge in [-0.15, -0.1) is 10.2 Å². The van der Waals surface area contributed by atoms with Gasteiger partial charge in [-0.2, -0.15) is 0 Å². The van der Waals surface area contributed by atoms with E-state index in [0.717, 1.165) is 48.2 Å². The third-order valence-electron chi connectivity index (χ3n) is 5.65. The zero-order valence-corrected chi connectivity index (χ0v) is 18.0. The van der Waals surface area contributed by atoms with Crippen LogP contribution in [0, 0.1) is 6.92 Å². The van der Waals surface area contributed by atoms with Gasteiger partial charge in [-0.25, -0.2) is 0 Å². The van der Waals surface area contributed by atoms with Crippen LogP contribution < -0.4 is 14.8 Å². The third kappa shape index (κ3) is 5.23. The molecule has 7 heteroatoms. The maximum Gasteiger partial charge on any atom is 0.224 e. The Balaban J connectivity index is 1.25. The van der Waals surface area contributed by atoms with Crippen molar-refractivity contribution in [1.82, 2.24) is 14.8 Å². The number of benzene rings is 2. The van der Waals surface area contributed by atoms with Crippen molar-refractivity contribution in [2.45, 2.75) is 45.1 Å². The summed E-state index contributed by atoms with van der Waals surface area (Å²) in [5.41, 5.74) is 2.07. The second kappa shape index (κ2) is 9.64. The summed E-state index contributed by atoms with van der Waals surface area (Å²) in [6, 6.07) is 15.6. The van der Waals surface area contributed by atoms with Crippen LogP contribution in [0.15, 0.2) is 48.5 Å². The molecule has 0 unspecified atom stereocenters. The van der Waals surface area contributed by atoms with Crippen LogP contribution in [0.1, 0.15) is 42.4 Å². The zero-order valence-electron chi connectivity index (χ0n) is 18.0. The SMILES string of the molecule is COc1ccc(OCCCC(=O)Nc2cccc([C@H]3CCc4nnc(C)n4C3)c2)cc1. The molecule has 3 aromatic rings. The minimum atomic E-state index is -0.00364. The summed E-state index contributed by atoms with van der Waals surface area (Å²) in [7, 11) is 1.63. The summed E-state index contributed by atoms with van der Waals surface area (Å²) in [6.45, 7) is 3.37. The van der Waals surface area contributed by atoms with Crippen molar-refractivity contribution in [2.75, 3.05) is 19.0 Å². The second-order valence-corrected chi connectivity index (χ2v) is 7.81. The molecule has 31 heavy (non-hydrogen) atoms. The van der Waals surface area contributed by atoms with Crippen LogP contribution in [-0.4, -0.2) is 34.4 Å². The Kier molecular flexibility index (Phi) is 6.50. The number of aromatic nitrogens is 3. The Morgan fingerprint density at radius 1 is 1.16 bits per heavy atom. The van der Waals surface area contributed by atoms with Gasteiger partial charge in [0.15, 0.2) is 0 Å². The maximum absolute atomic E-state index is 12.4. The van der Waals surface area contributed by atoms with Gasteiger partial charge in [-0.1, -0.05) is 12.1 Å². The van der Waals surface area contributed by atoms with E-state index >= 15 is 0 Å². The summed E-state index contributed by atoms with van der Waals surface area (Å²) < 4.78 is 13.0. The molecule has 0 fully saturated rings. The normalized spacial score (nSPS) is 15.2. The van der Waals surface area contributed by atoms with Crippen molar-refractivity contribution in [3.63, 3.8) is 0 Å². The van der Waals surface area contributed by atoms with E-state index in [-0.39, 0.29) is 5.91 Å². The fourth-order valence-corrected chi connectivity index (χ4v) is 3.92. The molecule has 1 aliphatic rings. The highest BCUT2D eigenvalue weighted by Gasteiger charge is 2.23. The molecule has 0 radical (unpaired) electrons. The highest BCUT2D eigenvalue weighted by molar-refractivity contribution is 5.90. The monoisotopic (exact) mass is 420 g/mol. The Labute approximate surface area is 182 Å². The molecule has 1 aromatic heterocycles. The molecule has 0 bridgehead atoms. The number of rotatable bonds is 8. The smallest absolute Gasteiger partial charge is 0.224 e. The molecule has 1 N–H and O–H groups in total. The molecular formula is C24H28N4O3. The zero-order chi connectivity index (χ0) is 21.6. The molecule has 4 rings (SSSR count). The number of nitrogens with zero attached hydrogens (tertiary/aromatic N) is 3. The topological polar surface area (TPSA) is 78.3 Å². The molecule has 0 saturated carbocycles. The van der Waals surface area contributed by atoms with Gasteiger partial charge in [0.2, 0.25) is 5.91 Å². The number of carbonyl (C=O) groups is 1. The number of methoxy groups -OCH3 is 1. The first-order valence-corrected chi connectivity index (χ1v) is 10.7. The standard InChI is InChI=1S/C24H28N4O3/c1-17-26-27-23-13-8-19(16-28(17)23)18-5-3-6-20(15-18)25-24(29)7-4-14-31-22-11-9-21(30-2)10-12-22/h3,5-6,9-12,15,19H,4,7-8,13-14,16H2,1-2H3,(H,25,29)/t19-/m0/s1. The highest BCUT2D eigenvalue weighted by Crippen LogP contribution is 2.30. The van der Waals surface area contributed by atoms with Crippen LogP contribution in [-0.2, 0) is 17.8 Å². The van der Waals surface area contributed by atoms with E-state index in [0.29, 0.717) is 25.4 Å². The largest absolute Gasteiger partial charge is 0.497 e. The first-order valence-electron chi connectivity index (χ1n) is 10.7. The first kappa shape index (κ1) is 20.9. The van der Waals surface area contributed by atoms with Gasteiger partial charge in [0.05, 0.1) is 13.7 Å². The van der Waals surface area contributed by atoms with Crippen LogP contribution >= 0.6 is 0 Å². The maximum atomic E-state index is 12.4. The van der Waals surface area contributed by atoms with E-state index in [1.165, 1.54) is 5.56 Å². The summed E-state index contributed by atoms with van der Waals surface area (Å²) in [5.74, 6) is 3.98. The van der Waals surface area contributed by atoms with E-state index in [2.05, 4.69) is 32.2 Å². The van der Waals surface area contributed by atoms with Gasteiger partial charge in [-0.05, 0) is 61.7 Å². The van der Waals surface area contributed by atoms with Crippen LogP contribution in [0.3, 0.4) is 0 Å². The van der Waals surface area contributed by atoms with Crippen molar-refractivity contribution < 1.29 is 14.3 Å². The van der Waals surface area contributed by atoms with Gasteiger partial charge in [-0.3, -0.25) is 4.79 Å². The van der Waals surface area contributed by atoms with Crippen LogP contribution in [0.2, 0.25) is 0 Å². The minimum Gasteiger partial charge on any atom is -0.497 e. The quantitative estimate of drug-likeness (QED) is 0.555. The Morgan fingerprint density at radius 2 is 1.97 bits per heavy atom. The van der Waals surface area contributed by atoms with Crippen LogP contribution in [0.5, 0.6) is 11.5 Å². The Hall–Kier alpha value is -3.35. The van der Waals surface area contributed by atoms with Crippen LogP contribution in [0.25, 0.3) is 0 Å². The highest BCUT2D eigenvalue weighted by atomic mass is 16.5. The van der Waals surface area contributed by atoms with E-state index in [9.17, 15) is 4.79 Å². The number of carbonyl (C=O) groups excluding carboxylic acids is 1. The lowest BCUT2D eigenvalue weighted by Crippen LogP contribution is -2.20. The van der Waals surface area contributed by atoms with Gasteiger partial charge < -0.3 is 19.4 Å². The van der Waals surface area contributed by atoms with Gasteiger partial charge in [0, 0.05) is 31.0 Å². The van der Waals surface area contributed by atoms with Gasteiger partial charge in [0.1, 0.15) is 23.1 Å². The lowest BCUT2D eigenvalue weighted by atomic mass is 9.91. The van der Waals surface area contributed by atoms with E-state index in [1.54, 1.807) is 7.11 Å². The third-order valence-corrected chi connectivity index (χ3v) is 5.65. The summed E-state index contributed by atoms with van der Waals surface area (Å²) >= 11 is 0. The lowest BCUT2D eigenvalue weighted by molar-refractivity contribution is -0.116. The van der Waals surface area contributed by atoms with E-state index < -0.39 is 0 Å². The Morgan fingerprint density at radius 3 is 2.77 bits per heavy atom. The molecule has 0 spiro atoms. The lowest BCUT2D eigenvalue weighted by Gasteiger charge is -2.24. The molecule has 0 aliphatic carbocycles. The number of hydrogen-bond donors (Lipinski definition) is 1. The summed E-state index contributed by atoms with van der Waals surface area (Å²) in [5, 5.41) is 11.4. The number of anilines is 1. The molecule has 1 atom stereocenters. The predicted octanol–water partition coefficient (Wildman–Crippen LogP) is 4.12. The van der Waals surface area contributed by atoms with E-state index in [4.69, 9.17) is 9.47 Å². The minimum absolute atomic E-state index is 0.00364. The van der Waals surface area contributed by atoms with Crippen molar-refractivity contribution in [2.24, 2.45) is 0 Å². The molecule has 2 aromatic carbocycles. The van der Waals surface area contributed by atoms with Gasteiger partial charge in [0.25, 0.3) is 0 Å². The molecular weight excluding hydrogens is 392 g/mol. The fraction of sp³-hybridized carbons (Fsp3) is 0.375. The number of ether oxygens (including phenoxy) is 2. The summed E-state index contributed by atoms with van der Waals surface area (Å²) in [4.78, 5) is 12.4. The number of fused-ring (bicyclic) bond motifs is 1. The first-order chi connectivity index (χ1) is 15.1. The average Bonchev–Trinajstić information content (AvgIpc) is 3.17. The van der Waals surface area contributed by atoms with Gasteiger partial charge >= 0.3 is 0 Å². The number of aryl methyl sites for hydroxylation is 2. The van der Waals surface area contributed by atoms with Crippen molar-refractivity contribution in [3.8, 4) is 11.5 Å². The molecule has 1 aliphatic heterocycles. The van der Waals surface area contributed by atoms with Crippen molar-refractivity contribution >= 4 is 11.6 Å². The van der Waals surface area contributed by atoms with Crippen molar-refractivity contribution in [3.05, 3.63) is 65.7 Å².